The van der Waals surface area contributed by atoms with Crippen molar-refractivity contribution in [3.8, 4) is 11.4 Å². The summed E-state index contributed by atoms with van der Waals surface area (Å²) in [6, 6.07) is 7.06. The van der Waals surface area contributed by atoms with Crippen molar-refractivity contribution < 1.29 is 0 Å². The minimum Gasteiger partial charge on any atom is -0.324 e. The molecule has 2 aromatic heterocycles. The molecule has 0 spiro atoms. The molecule has 0 radical (unpaired) electrons. The van der Waals surface area contributed by atoms with Crippen molar-refractivity contribution in [3.05, 3.63) is 46.4 Å². The van der Waals surface area contributed by atoms with Gasteiger partial charge in [0, 0.05) is 24.3 Å². The van der Waals surface area contributed by atoms with Gasteiger partial charge in [0.15, 0.2) is 0 Å². The highest BCUT2D eigenvalue weighted by molar-refractivity contribution is 5.53. The molecule has 5 heteroatoms. The Morgan fingerprint density at radius 3 is 2.75 bits per heavy atom. The first kappa shape index (κ1) is 14.4. The Bertz CT molecular complexity index is 620. The molecule has 0 bridgehead atoms. The van der Waals surface area contributed by atoms with Gasteiger partial charge in [-0.25, -0.2) is 4.68 Å². The van der Waals surface area contributed by atoms with Crippen LogP contribution in [0.5, 0.6) is 0 Å². The van der Waals surface area contributed by atoms with Crippen LogP contribution >= 0.6 is 0 Å². The van der Waals surface area contributed by atoms with Crippen LogP contribution in [0.15, 0.2) is 35.3 Å². The van der Waals surface area contributed by atoms with E-state index < -0.39 is 0 Å². The predicted molar refractivity (Wildman–Crippen MR) is 79.2 cm³/mol. The van der Waals surface area contributed by atoms with Crippen molar-refractivity contribution in [2.24, 2.45) is 5.73 Å². The topological polar surface area (TPSA) is 73.8 Å². The molecule has 0 saturated carbocycles. The maximum absolute atomic E-state index is 12.3. The number of nitrogens with zero attached hydrogens (tertiary/aromatic N) is 3. The Hall–Kier alpha value is -2.01. The monoisotopic (exact) mass is 272 g/mol. The molecule has 2 rings (SSSR count). The number of unbranched alkanes of at least 4 members (excludes halogenated alkanes) is 1. The maximum Gasteiger partial charge on any atom is 0.271 e. The fourth-order valence-electron chi connectivity index (χ4n) is 1.99. The minimum absolute atomic E-state index is 0.104. The summed E-state index contributed by atoms with van der Waals surface area (Å²) in [5.74, 6) is 0. The molecule has 1 atom stereocenters. The summed E-state index contributed by atoms with van der Waals surface area (Å²) >= 11 is 0. The number of pyridine rings is 1. The maximum atomic E-state index is 12.3. The highest BCUT2D eigenvalue weighted by Gasteiger charge is 2.13. The van der Waals surface area contributed by atoms with E-state index >= 15 is 0 Å². The van der Waals surface area contributed by atoms with Crippen molar-refractivity contribution in [1.29, 1.82) is 0 Å². The summed E-state index contributed by atoms with van der Waals surface area (Å²) in [5, 5.41) is 4.41. The van der Waals surface area contributed by atoms with Crippen LogP contribution in [0, 0.1) is 0 Å². The predicted octanol–water partition coefficient (Wildman–Crippen LogP) is 2.13. The van der Waals surface area contributed by atoms with E-state index in [0.717, 1.165) is 18.5 Å². The molecule has 20 heavy (non-hydrogen) atoms. The number of rotatable bonds is 5. The molecule has 0 saturated heterocycles. The lowest BCUT2D eigenvalue weighted by molar-refractivity contribution is 0.535. The van der Waals surface area contributed by atoms with Crippen LogP contribution in [0.1, 0.15) is 38.3 Å². The molecule has 2 N–H and O–H groups in total. The third kappa shape index (κ3) is 3.11. The summed E-state index contributed by atoms with van der Waals surface area (Å²) in [7, 11) is 0. The summed E-state index contributed by atoms with van der Waals surface area (Å²) < 4.78 is 1.51. The smallest absolute Gasteiger partial charge is 0.271 e. The number of hydrogen-bond acceptors (Lipinski definition) is 4. The molecule has 0 fully saturated rings. The second-order valence-electron chi connectivity index (χ2n) is 4.87. The van der Waals surface area contributed by atoms with Crippen molar-refractivity contribution in [3.63, 3.8) is 0 Å². The summed E-state index contributed by atoms with van der Waals surface area (Å²) in [4.78, 5) is 16.6. The summed E-state index contributed by atoms with van der Waals surface area (Å²) in [5.41, 5.74) is 7.81. The van der Waals surface area contributed by atoms with Gasteiger partial charge in [-0.15, -0.1) is 0 Å². The van der Waals surface area contributed by atoms with E-state index in [1.807, 2.05) is 25.1 Å². The van der Waals surface area contributed by atoms with Crippen LogP contribution in [0.4, 0.5) is 0 Å². The number of hydrogen-bond donors (Lipinski definition) is 1. The summed E-state index contributed by atoms with van der Waals surface area (Å²) in [6.07, 6.45) is 3.64. The van der Waals surface area contributed by atoms with Gasteiger partial charge in [-0.1, -0.05) is 19.4 Å². The van der Waals surface area contributed by atoms with E-state index in [9.17, 15) is 4.79 Å². The fraction of sp³-hybridized carbons (Fsp3) is 0.400. The molecular formula is C15H20N4O. The van der Waals surface area contributed by atoms with E-state index in [1.165, 1.54) is 4.68 Å². The van der Waals surface area contributed by atoms with Crippen LogP contribution in [0.3, 0.4) is 0 Å². The van der Waals surface area contributed by atoms with E-state index in [0.29, 0.717) is 17.8 Å². The molecule has 0 aliphatic carbocycles. The first-order chi connectivity index (χ1) is 9.63. The summed E-state index contributed by atoms with van der Waals surface area (Å²) in [6.45, 7) is 4.50. The standard InChI is InChI=1S/C15H20N4O/c1-3-4-9-19-15(20)12(11(2)16)10-14(18-19)13-7-5-6-8-17-13/h5-8,10-11H,3-4,9,16H2,1-2H3. The number of nitrogens with two attached hydrogens (primary N) is 1. The van der Waals surface area contributed by atoms with Gasteiger partial charge in [0.1, 0.15) is 5.69 Å². The second kappa shape index (κ2) is 6.43. The quantitative estimate of drug-likeness (QED) is 0.904. The molecule has 2 heterocycles. The van der Waals surface area contributed by atoms with Gasteiger partial charge in [0.2, 0.25) is 0 Å². The van der Waals surface area contributed by atoms with Gasteiger partial charge in [-0.3, -0.25) is 9.78 Å². The zero-order valence-electron chi connectivity index (χ0n) is 11.9. The van der Waals surface area contributed by atoms with E-state index in [4.69, 9.17) is 5.73 Å². The highest BCUT2D eigenvalue weighted by Crippen LogP contribution is 2.15. The van der Waals surface area contributed by atoms with E-state index in [2.05, 4.69) is 17.0 Å². The number of aromatic nitrogens is 3. The molecule has 0 amide bonds. The Labute approximate surface area is 118 Å². The van der Waals surface area contributed by atoms with Crippen LogP contribution in [-0.2, 0) is 6.54 Å². The van der Waals surface area contributed by atoms with Gasteiger partial charge in [0.05, 0.1) is 5.69 Å². The lowest BCUT2D eigenvalue weighted by Gasteiger charge is -2.12. The third-order valence-electron chi connectivity index (χ3n) is 3.14. The first-order valence-electron chi connectivity index (χ1n) is 6.92. The molecule has 0 aromatic carbocycles. The van der Waals surface area contributed by atoms with Crippen molar-refractivity contribution in [2.45, 2.75) is 39.3 Å². The zero-order valence-corrected chi connectivity index (χ0v) is 11.9. The molecular weight excluding hydrogens is 252 g/mol. The number of aryl methyl sites for hydroxylation is 1. The zero-order chi connectivity index (χ0) is 14.5. The second-order valence-corrected chi connectivity index (χ2v) is 4.87. The average molecular weight is 272 g/mol. The molecule has 5 nitrogen and oxygen atoms in total. The first-order valence-corrected chi connectivity index (χ1v) is 6.92. The van der Waals surface area contributed by atoms with E-state index in [1.54, 1.807) is 12.3 Å². The average Bonchev–Trinajstić information content (AvgIpc) is 2.46. The highest BCUT2D eigenvalue weighted by atomic mass is 16.1. The van der Waals surface area contributed by atoms with Crippen LogP contribution in [0.2, 0.25) is 0 Å². The molecule has 0 aliphatic rings. The van der Waals surface area contributed by atoms with Crippen LogP contribution in [0.25, 0.3) is 11.4 Å². The minimum atomic E-state index is -0.319. The SMILES string of the molecule is CCCCn1nc(-c2ccccn2)cc(C(C)N)c1=O. The Kier molecular flexibility index (Phi) is 4.63. The van der Waals surface area contributed by atoms with Crippen molar-refractivity contribution >= 4 is 0 Å². The van der Waals surface area contributed by atoms with Crippen molar-refractivity contribution in [1.82, 2.24) is 14.8 Å². The lowest BCUT2D eigenvalue weighted by atomic mass is 10.1. The Morgan fingerprint density at radius 2 is 2.15 bits per heavy atom. The Balaban J connectivity index is 2.53. The third-order valence-corrected chi connectivity index (χ3v) is 3.14. The molecule has 2 aromatic rings. The molecule has 1 unspecified atom stereocenters. The largest absolute Gasteiger partial charge is 0.324 e. The molecule has 106 valence electrons. The van der Waals surface area contributed by atoms with E-state index in [-0.39, 0.29) is 11.6 Å². The van der Waals surface area contributed by atoms with Crippen LogP contribution in [-0.4, -0.2) is 14.8 Å². The van der Waals surface area contributed by atoms with Gasteiger partial charge in [-0.05, 0) is 31.5 Å². The van der Waals surface area contributed by atoms with Crippen LogP contribution < -0.4 is 11.3 Å². The van der Waals surface area contributed by atoms with Gasteiger partial charge in [-0.2, -0.15) is 5.10 Å². The van der Waals surface area contributed by atoms with Gasteiger partial charge < -0.3 is 5.73 Å². The van der Waals surface area contributed by atoms with Gasteiger partial charge in [0.25, 0.3) is 5.56 Å². The Morgan fingerprint density at radius 1 is 1.35 bits per heavy atom. The lowest BCUT2D eigenvalue weighted by Crippen LogP contribution is -2.29. The molecule has 0 aliphatic heterocycles. The van der Waals surface area contributed by atoms with Gasteiger partial charge >= 0.3 is 0 Å². The normalized spacial score (nSPS) is 12.3. The van der Waals surface area contributed by atoms with Crippen molar-refractivity contribution in [2.75, 3.05) is 0 Å². The fourth-order valence-corrected chi connectivity index (χ4v) is 1.99.